The third-order valence-corrected chi connectivity index (χ3v) is 4.51. The quantitative estimate of drug-likeness (QED) is 0.915. The topological polar surface area (TPSA) is 68.3 Å². The molecule has 0 aliphatic carbocycles. The van der Waals surface area contributed by atoms with Crippen LogP contribution in [0.15, 0.2) is 41.4 Å². The van der Waals surface area contributed by atoms with Gasteiger partial charge in [0.05, 0.1) is 16.5 Å². The molecular weight excluding hydrogens is 312 g/mol. The molecule has 0 radical (unpaired) electrons. The highest BCUT2D eigenvalue weighted by molar-refractivity contribution is 7.92. The number of aromatic nitrogens is 1. The predicted molar refractivity (Wildman–Crippen MR) is 82.4 cm³/mol. The van der Waals surface area contributed by atoms with Gasteiger partial charge in [0, 0.05) is 6.20 Å². The van der Waals surface area contributed by atoms with E-state index in [9.17, 15) is 8.42 Å². The van der Waals surface area contributed by atoms with Gasteiger partial charge in [0.1, 0.15) is 11.6 Å². The Morgan fingerprint density at radius 3 is 2.71 bits per heavy atom. The van der Waals surface area contributed by atoms with Crippen LogP contribution >= 0.6 is 11.6 Å². The zero-order valence-electron chi connectivity index (χ0n) is 11.6. The maximum atomic E-state index is 12.4. The first-order valence-corrected chi connectivity index (χ1v) is 8.17. The normalized spacial score (nSPS) is 11.2. The van der Waals surface area contributed by atoms with Crippen LogP contribution in [0, 0.1) is 6.92 Å². The predicted octanol–water partition coefficient (Wildman–Crippen LogP) is 3.24. The molecule has 2 rings (SSSR count). The third kappa shape index (κ3) is 3.65. The number of nitrogens with one attached hydrogen (secondary N) is 1. The Balaban J connectivity index is 2.39. The number of hydrogen-bond acceptors (Lipinski definition) is 4. The van der Waals surface area contributed by atoms with Gasteiger partial charge < -0.3 is 4.74 Å². The minimum absolute atomic E-state index is 0.0987. The van der Waals surface area contributed by atoms with E-state index < -0.39 is 10.0 Å². The van der Waals surface area contributed by atoms with E-state index in [1.165, 1.54) is 12.3 Å². The second-order valence-electron chi connectivity index (χ2n) is 4.30. The number of aryl methyl sites for hydroxylation is 1. The number of sulfonamides is 1. The van der Waals surface area contributed by atoms with Crippen molar-refractivity contribution >= 4 is 27.4 Å². The molecule has 0 fully saturated rings. The Labute approximate surface area is 129 Å². The molecule has 21 heavy (non-hydrogen) atoms. The Morgan fingerprint density at radius 1 is 1.33 bits per heavy atom. The molecule has 0 aliphatic heterocycles. The molecule has 1 heterocycles. The summed E-state index contributed by atoms with van der Waals surface area (Å²) in [6.07, 6.45) is 1.51. The van der Waals surface area contributed by atoms with E-state index in [0.29, 0.717) is 17.9 Å². The number of ether oxygens (including phenoxy) is 1. The van der Waals surface area contributed by atoms with Crippen LogP contribution in [0.5, 0.6) is 5.75 Å². The van der Waals surface area contributed by atoms with Crippen molar-refractivity contribution < 1.29 is 13.2 Å². The number of hydrogen-bond donors (Lipinski definition) is 1. The summed E-state index contributed by atoms with van der Waals surface area (Å²) in [7, 11) is -3.75. The molecule has 2 aromatic rings. The van der Waals surface area contributed by atoms with E-state index >= 15 is 0 Å². The van der Waals surface area contributed by atoms with Gasteiger partial charge in [-0.2, -0.15) is 0 Å². The van der Waals surface area contributed by atoms with Crippen LogP contribution in [0.1, 0.15) is 12.5 Å². The van der Waals surface area contributed by atoms with Crippen LogP contribution in [0.4, 0.5) is 5.82 Å². The Kier molecular flexibility index (Phi) is 4.69. The van der Waals surface area contributed by atoms with Gasteiger partial charge in [-0.25, -0.2) is 13.4 Å². The zero-order valence-corrected chi connectivity index (χ0v) is 13.2. The summed E-state index contributed by atoms with van der Waals surface area (Å²) in [6.45, 7) is 3.97. The average molecular weight is 327 g/mol. The van der Waals surface area contributed by atoms with Crippen molar-refractivity contribution in [2.45, 2.75) is 18.7 Å². The van der Waals surface area contributed by atoms with Gasteiger partial charge in [0.15, 0.2) is 0 Å². The summed E-state index contributed by atoms with van der Waals surface area (Å²) in [6, 6.07) is 7.97. The van der Waals surface area contributed by atoms with E-state index in [1.807, 2.05) is 6.92 Å². The monoisotopic (exact) mass is 326 g/mol. The maximum absolute atomic E-state index is 12.4. The molecule has 112 valence electrons. The van der Waals surface area contributed by atoms with Crippen LogP contribution in [-0.2, 0) is 10.0 Å². The van der Waals surface area contributed by atoms with Crippen LogP contribution in [0.3, 0.4) is 0 Å². The van der Waals surface area contributed by atoms with Crippen molar-refractivity contribution in [3.8, 4) is 5.75 Å². The van der Waals surface area contributed by atoms with Crippen molar-refractivity contribution in [2.24, 2.45) is 0 Å². The lowest BCUT2D eigenvalue weighted by Gasteiger charge is -2.13. The van der Waals surface area contributed by atoms with Gasteiger partial charge >= 0.3 is 0 Å². The fourth-order valence-electron chi connectivity index (χ4n) is 1.81. The first kappa shape index (κ1) is 15.6. The highest BCUT2D eigenvalue weighted by Crippen LogP contribution is 2.31. The molecule has 1 N–H and O–H groups in total. The van der Waals surface area contributed by atoms with E-state index in [2.05, 4.69) is 9.71 Å². The first-order chi connectivity index (χ1) is 9.94. The van der Waals surface area contributed by atoms with E-state index in [-0.39, 0.29) is 15.7 Å². The van der Waals surface area contributed by atoms with Crippen LogP contribution in [0.2, 0.25) is 5.02 Å². The third-order valence-electron chi connectivity index (χ3n) is 2.72. The highest BCUT2D eigenvalue weighted by atomic mass is 35.5. The lowest BCUT2D eigenvalue weighted by molar-refractivity contribution is 0.340. The molecule has 0 bridgehead atoms. The van der Waals surface area contributed by atoms with E-state index in [1.54, 1.807) is 31.2 Å². The molecule has 0 spiro atoms. The van der Waals surface area contributed by atoms with Crippen molar-refractivity contribution in [2.75, 3.05) is 11.3 Å². The summed E-state index contributed by atoms with van der Waals surface area (Å²) in [4.78, 5) is 4.04. The molecule has 1 aromatic heterocycles. The highest BCUT2D eigenvalue weighted by Gasteiger charge is 2.20. The lowest BCUT2D eigenvalue weighted by Crippen LogP contribution is -2.15. The van der Waals surface area contributed by atoms with Gasteiger partial charge in [0.2, 0.25) is 0 Å². The minimum Gasteiger partial charge on any atom is -0.492 e. The SMILES string of the molecule is CCOc1cc(C)c(S(=O)(=O)Nc2ccccn2)cc1Cl. The fraction of sp³-hybridized carbons (Fsp3) is 0.214. The first-order valence-electron chi connectivity index (χ1n) is 6.31. The number of rotatable bonds is 5. The summed E-state index contributed by atoms with van der Waals surface area (Å²) in [5, 5.41) is 0.254. The van der Waals surface area contributed by atoms with Crippen LogP contribution in [-0.4, -0.2) is 20.0 Å². The number of halogens is 1. The van der Waals surface area contributed by atoms with Crippen LogP contribution in [0.25, 0.3) is 0 Å². The maximum Gasteiger partial charge on any atom is 0.263 e. The fourth-order valence-corrected chi connectivity index (χ4v) is 3.35. The van der Waals surface area contributed by atoms with E-state index in [0.717, 1.165) is 0 Å². The lowest BCUT2D eigenvalue weighted by atomic mass is 10.2. The smallest absolute Gasteiger partial charge is 0.263 e. The van der Waals surface area contributed by atoms with Crippen molar-refractivity contribution in [3.05, 3.63) is 47.1 Å². The Hall–Kier alpha value is -1.79. The van der Waals surface area contributed by atoms with Gasteiger partial charge in [-0.1, -0.05) is 17.7 Å². The molecule has 0 aliphatic rings. The largest absolute Gasteiger partial charge is 0.492 e. The second kappa shape index (κ2) is 6.32. The number of pyridine rings is 1. The second-order valence-corrected chi connectivity index (χ2v) is 6.36. The molecule has 0 saturated heterocycles. The van der Waals surface area contributed by atoms with Gasteiger partial charge in [0.25, 0.3) is 10.0 Å². The summed E-state index contributed by atoms with van der Waals surface area (Å²) in [5.74, 6) is 0.718. The number of anilines is 1. The molecule has 1 aromatic carbocycles. The summed E-state index contributed by atoms with van der Waals surface area (Å²) in [5.41, 5.74) is 0.547. The number of nitrogens with zero attached hydrogens (tertiary/aromatic N) is 1. The molecule has 0 atom stereocenters. The van der Waals surface area contributed by atoms with E-state index in [4.69, 9.17) is 16.3 Å². The number of benzene rings is 1. The van der Waals surface area contributed by atoms with Crippen LogP contribution < -0.4 is 9.46 Å². The summed E-state index contributed by atoms with van der Waals surface area (Å²) < 4.78 is 32.5. The molecule has 0 saturated carbocycles. The minimum atomic E-state index is -3.75. The Morgan fingerprint density at radius 2 is 2.10 bits per heavy atom. The average Bonchev–Trinajstić information content (AvgIpc) is 2.43. The van der Waals surface area contributed by atoms with Gasteiger partial charge in [-0.05, 0) is 43.7 Å². The summed E-state index contributed by atoms with van der Waals surface area (Å²) >= 11 is 6.06. The van der Waals surface area contributed by atoms with Gasteiger partial charge in [-0.15, -0.1) is 0 Å². The Bertz CT molecular complexity index is 733. The van der Waals surface area contributed by atoms with Gasteiger partial charge in [-0.3, -0.25) is 4.72 Å². The van der Waals surface area contributed by atoms with Crippen molar-refractivity contribution in [3.63, 3.8) is 0 Å². The molecular formula is C14H15ClN2O3S. The molecule has 0 unspecified atom stereocenters. The molecule has 7 heteroatoms. The zero-order chi connectivity index (χ0) is 15.5. The molecule has 0 amide bonds. The standard InChI is InChI=1S/C14H15ClN2O3S/c1-3-20-12-8-10(2)13(9-11(12)15)21(18,19)17-14-6-4-5-7-16-14/h4-9H,3H2,1-2H3,(H,16,17). The molecule has 5 nitrogen and oxygen atoms in total. The van der Waals surface area contributed by atoms with Crippen molar-refractivity contribution in [1.29, 1.82) is 0 Å². The van der Waals surface area contributed by atoms with Crippen molar-refractivity contribution in [1.82, 2.24) is 4.98 Å².